The molecule has 2 atom stereocenters. The molecule has 1 aliphatic carbocycles. The Morgan fingerprint density at radius 2 is 2.00 bits per heavy atom. The van der Waals surface area contributed by atoms with Crippen LogP contribution in [0.1, 0.15) is 5.82 Å². The van der Waals surface area contributed by atoms with Crippen molar-refractivity contribution in [3.05, 3.63) is 30.1 Å². The summed E-state index contributed by atoms with van der Waals surface area (Å²) >= 11 is 0. The molecule has 4 heteroatoms. The molecule has 1 N–H and O–H groups in total. The van der Waals surface area contributed by atoms with Crippen molar-refractivity contribution in [3.8, 4) is 0 Å². The normalized spacial score (nSPS) is 29.9. The summed E-state index contributed by atoms with van der Waals surface area (Å²) in [6, 6.07) is 8.29. The average molecular weight is 257 g/mol. The van der Waals surface area contributed by atoms with E-state index in [0.717, 1.165) is 42.8 Å². The molecular weight excluding hydrogens is 238 g/mol. The van der Waals surface area contributed by atoms with Crippen LogP contribution in [0, 0.1) is 17.8 Å². The van der Waals surface area contributed by atoms with Gasteiger partial charge in [0.25, 0.3) is 0 Å². The molecule has 2 heterocycles. The number of benzene rings is 1. The zero-order valence-electron chi connectivity index (χ0n) is 11.2. The first-order valence-corrected chi connectivity index (χ1v) is 7.01. The molecule has 1 aromatic carbocycles. The Kier molecular flexibility index (Phi) is 2.44. The lowest BCUT2D eigenvalue weighted by Crippen LogP contribution is -2.26. The van der Waals surface area contributed by atoms with Gasteiger partial charge in [-0.05, 0) is 29.9 Å². The predicted molar refractivity (Wildman–Crippen MR) is 73.5 cm³/mol. The van der Waals surface area contributed by atoms with Crippen LogP contribution in [0.25, 0.3) is 11.0 Å². The monoisotopic (exact) mass is 257 g/mol. The van der Waals surface area contributed by atoms with E-state index in [1.165, 1.54) is 5.52 Å². The molecule has 0 radical (unpaired) electrons. The second kappa shape index (κ2) is 4.05. The number of hydrogen-bond donors (Lipinski definition) is 1. The third-order valence-electron chi connectivity index (χ3n) is 4.90. The van der Waals surface area contributed by atoms with Gasteiger partial charge in [-0.1, -0.05) is 12.1 Å². The summed E-state index contributed by atoms with van der Waals surface area (Å²) in [5.74, 6) is 3.19. The number of imidazole rings is 1. The minimum atomic E-state index is 0.370. The summed E-state index contributed by atoms with van der Waals surface area (Å²) in [6.45, 7) is 3.55. The number of likely N-dealkylation sites (tertiary alicyclic amines) is 1. The molecular formula is C15H19N3O. The minimum absolute atomic E-state index is 0.370. The number of hydrogen-bond acceptors (Lipinski definition) is 3. The summed E-state index contributed by atoms with van der Waals surface area (Å²) in [7, 11) is 2.10. The molecule has 1 aliphatic heterocycles. The van der Waals surface area contributed by atoms with Gasteiger partial charge in [-0.15, -0.1) is 0 Å². The van der Waals surface area contributed by atoms with Crippen molar-refractivity contribution in [1.82, 2.24) is 14.5 Å². The van der Waals surface area contributed by atoms with E-state index in [1.807, 2.05) is 6.07 Å². The van der Waals surface area contributed by atoms with Gasteiger partial charge in [0.1, 0.15) is 5.82 Å². The van der Waals surface area contributed by atoms with Gasteiger partial charge >= 0.3 is 0 Å². The van der Waals surface area contributed by atoms with Crippen molar-refractivity contribution in [3.63, 3.8) is 0 Å². The van der Waals surface area contributed by atoms with Crippen molar-refractivity contribution in [2.45, 2.75) is 6.54 Å². The van der Waals surface area contributed by atoms with Crippen molar-refractivity contribution >= 4 is 11.0 Å². The predicted octanol–water partition coefficient (Wildman–Crippen LogP) is 1.24. The number of piperidine rings is 1. The van der Waals surface area contributed by atoms with Crippen molar-refractivity contribution in [2.75, 3.05) is 19.7 Å². The first kappa shape index (κ1) is 11.4. The van der Waals surface area contributed by atoms with Crippen LogP contribution in [0.4, 0.5) is 0 Å². The summed E-state index contributed by atoms with van der Waals surface area (Å²) in [6.07, 6.45) is 0. The summed E-state index contributed by atoms with van der Waals surface area (Å²) < 4.78 is 2.20. The summed E-state index contributed by atoms with van der Waals surface area (Å²) in [5.41, 5.74) is 2.28. The van der Waals surface area contributed by atoms with E-state index in [2.05, 4.69) is 34.7 Å². The minimum Gasteiger partial charge on any atom is -0.396 e. The Balaban J connectivity index is 1.52. The highest BCUT2D eigenvalue weighted by atomic mass is 16.3. The van der Waals surface area contributed by atoms with Gasteiger partial charge in [-0.25, -0.2) is 4.98 Å². The number of aliphatic hydroxyl groups is 1. The highest BCUT2D eigenvalue weighted by Gasteiger charge is 2.54. The zero-order valence-corrected chi connectivity index (χ0v) is 11.2. The Labute approximate surface area is 112 Å². The molecule has 2 aliphatic rings. The molecule has 1 saturated carbocycles. The summed E-state index contributed by atoms with van der Waals surface area (Å²) in [5, 5.41) is 9.19. The van der Waals surface area contributed by atoms with E-state index in [4.69, 9.17) is 4.98 Å². The van der Waals surface area contributed by atoms with Gasteiger partial charge in [0.05, 0.1) is 17.6 Å². The number of fused-ring (bicyclic) bond motifs is 2. The van der Waals surface area contributed by atoms with Crippen LogP contribution in [-0.2, 0) is 13.6 Å². The van der Waals surface area contributed by atoms with E-state index in [0.29, 0.717) is 12.5 Å². The third-order valence-corrected chi connectivity index (χ3v) is 4.90. The van der Waals surface area contributed by atoms with E-state index >= 15 is 0 Å². The molecule has 4 nitrogen and oxygen atoms in total. The van der Waals surface area contributed by atoms with Crippen molar-refractivity contribution in [1.29, 1.82) is 0 Å². The number of aliphatic hydroxyl groups excluding tert-OH is 1. The Hall–Kier alpha value is -1.39. The van der Waals surface area contributed by atoms with Gasteiger partial charge in [-0.3, -0.25) is 4.90 Å². The van der Waals surface area contributed by atoms with Gasteiger partial charge in [0.15, 0.2) is 0 Å². The first-order chi connectivity index (χ1) is 9.28. The Morgan fingerprint density at radius 1 is 1.26 bits per heavy atom. The topological polar surface area (TPSA) is 41.3 Å². The van der Waals surface area contributed by atoms with Crippen molar-refractivity contribution in [2.24, 2.45) is 24.8 Å². The van der Waals surface area contributed by atoms with Crippen LogP contribution < -0.4 is 0 Å². The van der Waals surface area contributed by atoms with E-state index < -0.39 is 0 Å². The highest BCUT2D eigenvalue weighted by Crippen LogP contribution is 2.51. The van der Waals surface area contributed by atoms with Crippen LogP contribution in [-0.4, -0.2) is 39.3 Å². The summed E-state index contributed by atoms with van der Waals surface area (Å²) in [4.78, 5) is 7.20. The van der Waals surface area contributed by atoms with Gasteiger partial charge < -0.3 is 9.67 Å². The van der Waals surface area contributed by atoms with E-state index in [-0.39, 0.29) is 0 Å². The molecule has 1 aromatic heterocycles. The second-order valence-electron chi connectivity index (χ2n) is 5.94. The standard InChI is InChI=1S/C15H19N3O/c1-17-14-5-3-2-4-13(14)16-15(17)8-18-6-10-11(7-18)12(10)9-19/h2-5,10-12,19H,6-9H2,1H3. The second-order valence-corrected chi connectivity index (χ2v) is 5.94. The largest absolute Gasteiger partial charge is 0.396 e. The van der Waals surface area contributed by atoms with Gasteiger partial charge in [0.2, 0.25) is 0 Å². The van der Waals surface area contributed by atoms with Gasteiger partial charge in [-0.2, -0.15) is 0 Å². The SMILES string of the molecule is Cn1c(CN2CC3C(CO)C3C2)nc2ccccc21. The fourth-order valence-electron chi connectivity index (χ4n) is 3.67. The number of rotatable bonds is 3. The fraction of sp³-hybridized carbons (Fsp3) is 0.533. The lowest BCUT2D eigenvalue weighted by Gasteiger charge is -2.18. The lowest BCUT2D eigenvalue weighted by molar-refractivity contribution is 0.214. The Bertz CT molecular complexity index is 609. The number of aromatic nitrogens is 2. The quantitative estimate of drug-likeness (QED) is 0.899. The van der Waals surface area contributed by atoms with E-state index in [9.17, 15) is 5.11 Å². The molecule has 1 saturated heterocycles. The molecule has 19 heavy (non-hydrogen) atoms. The maximum Gasteiger partial charge on any atom is 0.123 e. The highest BCUT2D eigenvalue weighted by molar-refractivity contribution is 5.75. The number of para-hydroxylation sites is 2. The number of nitrogens with zero attached hydrogens (tertiary/aromatic N) is 3. The molecule has 100 valence electrons. The Morgan fingerprint density at radius 3 is 2.68 bits per heavy atom. The van der Waals surface area contributed by atoms with Crippen LogP contribution in [0.2, 0.25) is 0 Å². The molecule has 0 bridgehead atoms. The van der Waals surface area contributed by atoms with Crippen LogP contribution in [0.5, 0.6) is 0 Å². The number of aryl methyl sites for hydroxylation is 1. The molecule has 2 aromatic rings. The maximum absolute atomic E-state index is 9.19. The molecule has 0 spiro atoms. The fourth-order valence-corrected chi connectivity index (χ4v) is 3.67. The smallest absolute Gasteiger partial charge is 0.123 e. The van der Waals surface area contributed by atoms with Gasteiger partial charge in [0, 0.05) is 26.7 Å². The molecule has 4 rings (SSSR count). The average Bonchev–Trinajstić information content (AvgIpc) is 2.77. The maximum atomic E-state index is 9.19. The van der Waals surface area contributed by atoms with Crippen LogP contribution in [0.3, 0.4) is 0 Å². The molecule has 2 unspecified atom stereocenters. The molecule has 2 fully saturated rings. The van der Waals surface area contributed by atoms with Crippen molar-refractivity contribution < 1.29 is 5.11 Å². The van der Waals surface area contributed by atoms with E-state index in [1.54, 1.807) is 0 Å². The van der Waals surface area contributed by atoms with Crippen LogP contribution >= 0.6 is 0 Å². The van der Waals surface area contributed by atoms with Crippen LogP contribution in [0.15, 0.2) is 24.3 Å². The molecule has 0 amide bonds. The first-order valence-electron chi connectivity index (χ1n) is 7.01. The lowest BCUT2D eigenvalue weighted by atomic mass is 10.3. The third kappa shape index (κ3) is 1.70. The zero-order chi connectivity index (χ0) is 13.0.